The molecule has 0 amide bonds. The summed E-state index contributed by atoms with van der Waals surface area (Å²) in [7, 11) is 0. The maximum atomic E-state index is 12.0. The van der Waals surface area contributed by atoms with Crippen LogP contribution >= 0.6 is 0 Å². The Kier molecular flexibility index (Phi) is 8.01. The summed E-state index contributed by atoms with van der Waals surface area (Å²) >= 11 is 0. The molecule has 0 aliphatic heterocycles. The zero-order valence-corrected chi connectivity index (χ0v) is 18.7. The fraction of sp³-hybridized carbons (Fsp3) is 0.370. The molecule has 154 valence electrons. The molecule has 0 aromatic heterocycles. The average molecular weight is 391 g/mol. The van der Waals surface area contributed by atoms with Crippen LogP contribution in [-0.2, 0) is 4.79 Å². The molecule has 29 heavy (non-hydrogen) atoms. The summed E-state index contributed by atoms with van der Waals surface area (Å²) in [5.41, 5.74) is 6.39. The third-order valence-electron chi connectivity index (χ3n) is 5.36. The lowest BCUT2D eigenvalue weighted by Gasteiger charge is -2.32. The summed E-state index contributed by atoms with van der Waals surface area (Å²) in [5, 5.41) is 0. The molecule has 1 aromatic rings. The first kappa shape index (κ1) is 22.7. The van der Waals surface area contributed by atoms with Crippen molar-refractivity contribution in [2.75, 3.05) is 0 Å². The van der Waals surface area contributed by atoms with Crippen LogP contribution in [0.4, 0.5) is 0 Å². The summed E-state index contributed by atoms with van der Waals surface area (Å²) < 4.78 is 5.32. The number of aryl methyl sites for hydroxylation is 1. The van der Waals surface area contributed by atoms with Crippen LogP contribution in [0.15, 0.2) is 83.0 Å². The molecule has 1 aromatic carbocycles. The fourth-order valence-corrected chi connectivity index (χ4v) is 3.62. The van der Waals surface area contributed by atoms with Gasteiger partial charge in [0.15, 0.2) is 0 Å². The Morgan fingerprint density at radius 1 is 1.03 bits per heavy atom. The molecule has 0 saturated heterocycles. The molecule has 0 fully saturated rings. The van der Waals surface area contributed by atoms with E-state index in [4.69, 9.17) is 4.74 Å². The van der Waals surface area contributed by atoms with E-state index in [1.807, 2.05) is 38.1 Å². The molecular formula is C27H34O2. The van der Waals surface area contributed by atoms with Gasteiger partial charge in [-0.05, 0) is 75.7 Å². The van der Waals surface area contributed by atoms with Gasteiger partial charge in [-0.3, -0.25) is 0 Å². The summed E-state index contributed by atoms with van der Waals surface area (Å²) in [4.78, 5) is 12.0. The van der Waals surface area contributed by atoms with Crippen LogP contribution in [0.3, 0.4) is 0 Å². The highest BCUT2D eigenvalue weighted by atomic mass is 16.5. The van der Waals surface area contributed by atoms with E-state index >= 15 is 0 Å². The number of hydrogen-bond acceptors (Lipinski definition) is 2. The predicted molar refractivity (Wildman–Crippen MR) is 123 cm³/mol. The van der Waals surface area contributed by atoms with E-state index in [1.54, 1.807) is 12.1 Å². The van der Waals surface area contributed by atoms with Gasteiger partial charge in [0, 0.05) is 6.08 Å². The molecular weight excluding hydrogens is 356 g/mol. The Morgan fingerprint density at radius 3 is 2.38 bits per heavy atom. The van der Waals surface area contributed by atoms with Gasteiger partial charge in [0.1, 0.15) is 5.75 Å². The van der Waals surface area contributed by atoms with Crippen molar-refractivity contribution >= 4 is 5.97 Å². The van der Waals surface area contributed by atoms with Gasteiger partial charge in [0.25, 0.3) is 0 Å². The molecule has 0 heterocycles. The Balaban J connectivity index is 1.95. The predicted octanol–water partition coefficient (Wildman–Crippen LogP) is 7.43. The molecule has 1 aliphatic carbocycles. The number of esters is 1. The number of ether oxygens (including phenoxy) is 1. The first-order valence-electron chi connectivity index (χ1n) is 10.4. The number of benzene rings is 1. The van der Waals surface area contributed by atoms with Gasteiger partial charge in [0.05, 0.1) is 0 Å². The standard InChI is InChI=1S/C27H34O2/c1-20(14-17-25-23(4)11-8-18-27(25,5)6)9-7-10-22(3)19-26(28)29-24-15-12-21(2)13-16-24/h7,9-10,12-17,19H,8,11,18H2,1-6H3/b10-7+,17-14+,20-9+,22-19+. The van der Waals surface area contributed by atoms with E-state index in [0.29, 0.717) is 5.75 Å². The minimum absolute atomic E-state index is 0.256. The van der Waals surface area contributed by atoms with Gasteiger partial charge in [-0.15, -0.1) is 0 Å². The molecule has 2 nitrogen and oxygen atoms in total. The second kappa shape index (κ2) is 10.2. The van der Waals surface area contributed by atoms with Crippen LogP contribution in [0.25, 0.3) is 0 Å². The third-order valence-corrected chi connectivity index (χ3v) is 5.36. The summed E-state index contributed by atoms with van der Waals surface area (Å²) in [5.74, 6) is 0.197. The quantitative estimate of drug-likeness (QED) is 0.218. The number of carbonyl (C=O) groups excluding carboxylic acids is 1. The minimum atomic E-state index is -0.362. The van der Waals surface area contributed by atoms with Crippen molar-refractivity contribution in [3.05, 3.63) is 88.6 Å². The van der Waals surface area contributed by atoms with Gasteiger partial charge in [-0.2, -0.15) is 0 Å². The number of rotatable bonds is 6. The van der Waals surface area contributed by atoms with Crippen molar-refractivity contribution in [1.82, 2.24) is 0 Å². The minimum Gasteiger partial charge on any atom is -0.423 e. The fourth-order valence-electron chi connectivity index (χ4n) is 3.62. The van der Waals surface area contributed by atoms with Crippen molar-refractivity contribution in [2.45, 2.75) is 60.8 Å². The maximum Gasteiger partial charge on any atom is 0.336 e. The van der Waals surface area contributed by atoms with E-state index in [0.717, 1.165) is 11.1 Å². The van der Waals surface area contributed by atoms with E-state index in [-0.39, 0.29) is 11.4 Å². The SMILES string of the molecule is CC1=C(/C=C/C(C)=C/C=C/C(C)=C/C(=O)Oc2ccc(C)cc2)C(C)(C)CCC1. The van der Waals surface area contributed by atoms with Crippen molar-refractivity contribution in [2.24, 2.45) is 5.41 Å². The maximum absolute atomic E-state index is 12.0. The number of hydrogen-bond donors (Lipinski definition) is 0. The van der Waals surface area contributed by atoms with Gasteiger partial charge >= 0.3 is 5.97 Å². The van der Waals surface area contributed by atoms with Crippen LogP contribution < -0.4 is 4.74 Å². The molecule has 0 N–H and O–H groups in total. The lowest BCUT2D eigenvalue weighted by atomic mass is 9.72. The molecule has 0 unspecified atom stereocenters. The van der Waals surface area contributed by atoms with Gasteiger partial charge < -0.3 is 4.74 Å². The summed E-state index contributed by atoms with van der Waals surface area (Å²) in [6.45, 7) is 12.9. The van der Waals surface area contributed by atoms with Gasteiger partial charge in [0.2, 0.25) is 0 Å². The second-order valence-corrected chi connectivity index (χ2v) is 8.66. The van der Waals surface area contributed by atoms with E-state index in [2.05, 4.69) is 45.9 Å². The topological polar surface area (TPSA) is 26.3 Å². The summed E-state index contributed by atoms with van der Waals surface area (Å²) in [6.07, 6.45) is 15.6. The smallest absolute Gasteiger partial charge is 0.336 e. The molecule has 0 radical (unpaired) electrons. The monoisotopic (exact) mass is 390 g/mol. The zero-order valence-electron chi connectivity index (χ0n) is 18.7. The highest BCUT2D eigenvalue weighted by Crippen LogP contribution is 2.40. The van der Waals surface area contributed by atoms with Crippen molar-refractivity contribution in [3.8, 4) is 5.75 Å². The molecule has 1 aliphatic rings. The van der Waals surface area contributed by atoms with Gasteiger partial charge in [-0.25, -0.2) is 4.79 Å². The highest BCUT2D eigenvalue weighted by molar-refractivity contribution is 5.85. The van der Waals surface area contributed by atoms with Crippen molar-refractivity contribution in [3.63, 3.8) is 0 Å². The number of allylic oxidation sites excluding steroid dienone is 9. The molecule has 0 saturated carbocycles. The Hall–Kier alpha value is -2.61. The molecule has 0 bridgehead atoms. The normalized spacial score (nSPS) is 18.0. The Labute approximate surface area is 176 Å². The van der Waals surface area contributed by atoms with Crippen molar-refractivity contribution < 1.29 is 9.53 Å². The van der Waals surface area contributed by atoms with Gasteiger partial charge in [-0.1, -0.05) is 73.1 Å². The zero-order chi connectivity index (χ0) is 21.4. The van der Waals surface area contributed by atoms with E-state index in [1.165, 1.54) is 42.1 Å². The molecule has 2 heteroatoms. The Morgan fingerprint density at radius 2 is 1.72 bits per heavy atom. The number of carbonyl (C=O) groups is 1. The highest BCUT2D eigenvalue weighted by Gasteiger charge is 2.26. The van der Waals surface area contributed by atoms with E-state index < -0.39 is 0 Å². The largest absolute Gasteiger partial charge is 0.423 e. The van der Waals surface area contributed by atoms with Crippen LogP contribution in [0, 0.1) is 12.3 Å². The Bertz CT molecular complexity index is 872. The summed E-state index contributed by atoms with van der Waals surface area (Å²) in [6, 6.07) is 7.45. The molecule has 0 atom stereocenters. The molecule has 0 spiro atoms. The lowest BCUT2D eigenvalue weighted by Crippen LogP contribution is -2.19. The van der Waals surface area contributed by atoms with Crippen LogP contribution in [0.2, 0.25) is 0 Å². The average Bonchev–Trinajstić information content (AvgIpc) is 2.62. The van der Waals surface area contributed by atoms with Crippen LogP contribution in [-0.4, -0.2) is 5.97 Å². The van der Waals surface area contributed by atoms with Crippen molar-refractivity contribution in [1.29, 1.82) is 0 Å². The first-order chi connectivity index (χ1) is 13.7. The van der Waals surface area contributed by atoms with E-state index in [9.17, 15) is 4.79 Å². The van der Waals surface area contributed by atoms with Crippen LogP contribution in [0.5, 0.6) is 5.75 Å². The lowest BCUT2D eigenvalue weighted by molar-refractivity contribution is -0.129. The third kappa shape index (κ3) is 7.38. The van der Waals surface area contributed by atoms with Crippen LogP contribution in [0.1, 0.15) is 59.4 Å². The molecule has 2 rings (SSSR count). The second-order valence-electron chi connectivity index (χ2n) is 8.66. The first-order valence-corrected chi connectivity index (χ1v) is 10.4.